The monoisotopic (exact) mass is 268 g/mol. The maximum absolute atomic E-state index is 14.4. The van der Waals surface area contributed by atoms with Gasteiger partial charge in [0.1, 0.15) is 0 Å². The molecule has 0 atom stereocenters. The molecule has 0 radical (unpaired) electrons. The van der Waals surface area contributed by atoms with Gasteiger partial charge in [0.25, 0.3) is 0 Å². The summed E-state index contributed by atoms with van der Waals surface area (Å²) >= 11 is 0. The van der Waals surface area contributed by atoms with Crippen molar-refractivity contribution in [1.82, 2.24) is 5.16 Å². The second kappa shape index (κ2) is 5.05. The molecule has 19 heavy (non-hydrogen) atoms. The van der Waals surface area contributed by atoms with Crippen molar-refractivity contribution in [3.8, 4) is 28.4 Å². The van der Waals surface area contributed by atoms with E-state index in [1.807, 2.05) is 0 Å². The number of hydrogen-bond donors (Lipinski definition) is 1. The van der Waals surface area contributed by atoms with Crippen LogP contribution in [0.25, 0.3) is 11.1 Å². The van der Waals surface area contributed by atoms with Crippen LogP contribution in [0.5, 0.6) is 17.2 Å². The number of ether oxygens (including phenoxy) is 3. The SMILES string of the molecule is COc1cc(OC)c(OC)c(-c2cnoc2N)c1F. The zero-order valence-corrected chi connectivity index (χ0v) is 10.7. The fourth-order valence-corrected chi connectivity index (χ4v) is 1.77. The molecule has 7 heteroatoms. The van der Waals surface area contributed by atoms with Crippen LogP contribution in [-0.2, 0) is 0 Å². The van der Waals surface area contributed by atoms with Gasteiger partial charge >= 0.3 is 0 Å². The number of hydrogen-bond acceptors (Lipinski definition) is 6. The summed E-state index contributed by atoms with van der Waals surface area (Å²) < 4.78 is 34.4. The minimum atomic E-state index is -0.630. The van der Waals surface area contributed by atoms with Crippen LogP contribution in [0.3, 0.4) is 0 Å². The van der Waals surface area contributed by atoms with Gasteiger partial charge in [0.05, 0.1) is 38.7 Å². The average Bonchev–Trinajstić information content (AvgIpc) is 2.84. The molecule has 0 unspecified atom stereocenters. The van der Waals surface area contributed by atoms with Crippen molar-refractivity contribution in [2.24, 2.45) is 0 Å². The molecule has 102 valence electrons. The Labute approximate surface area is 108 Å². The van der Waals surface area contributed by atoms with E-state index in [2.05, 4.69) is 5.16 Å². The summed E-state index contributed by atoms with van der Waals surface area (Å²) in [4.78, 5) is 0. The lowest BCUT2D eigenvalue weighted by Gasteiger charge is -2.15. The van der Waals surface area contributed by atoms with E-state index in [0.29, 0.717) is 5.75 Å². The number of aromatic nitrogens is 1. The van der Waals surface area contributed by atoms with Crippen molar-refractivity contribution in [3.05, 3.63) is 18.1 Å². The predicted molar refractivity (Wildman–Crippen MR) is 66.0 cm³/mol. The highest BCUT2D eigenvalue weighted by molar-refractivity contribution is 5.81. The molecule has 0 aliphatic rings. The van der Waals surface area contributed by atoms with E-state index < -0.39 is 5.82 Å². The highest BCUT2D eigenvalue weighted by Crippen LogP contribution is 2.45. The predicted octanol–water partition coefficient (Wildman–Crippen LogP) is 2.09. The van der Waals surface area contributed by atoms with E-state index >= 15 is 0 Å². The van der Waals surface area contributed by atoms with E-state index in [-0.39, 0.29) is 28.5 Å². The first-order valence-electron chi connectivity index (χ1n) is 5.33. The maximum Gasteiger partial charge on any atom is 0.230 e. The molecule has 2 N–H and O–H groups in total. The van der Waals surface area contributed by atoms with Crippen LogP contribution < -0.4 is 19.9 Å². The second-order valence-electron chi connectivity index (χ2n) is 3.61. The Morgan fingerprint density at radius 2 is 1.84 bits per heavy atom. The van der Waals surface area contributed by atoms with E-state index in [4.69, 9.17) is 24.5 Å². The Morgan fingerprint density at radius 3 is 2.32 bits per heavy atom. The summed E-state index contributed by atoms with van der Waals surface area (Å²) in [5, 5.41) is 3.52. The molecule has 2 rings (SSSR count). The van der Waals surface area contributed by atoms with Gasteiger partial charge < -0.3 is 24.5 Å². The number of nitrogens with zero attached hydrogens (tertiary/aromatic N) is 1. The minimum Gasteiger partial charge on any atom is -0.494 e. The van der Waals surface area contributed by atoms with Crippen LogP contribution in [0, 0.1) is 5.82 Å². The van der Waals surface area contributed by atoms with Crippen LogP contribution in [0.2, 0.25) is 0 Å². The Kier molecular flexibility index (Phi) is 3.46. The Balaban J connectivity index is 2.79. The molecular formula is C12H13FN2O4. The largest absolute Gasteiger partial charge is 0.494 e. The van der Waals surface area contributed by atoms with E-state index in [0.717, 1.165) is 0 Å². The van der Waals surface area contributed by atoms with Gasteiger partial charge in [0.2, 0.25) is 5.88 Å². The number of anilines is 1. The molecule has 0 saturated heterocycles. The first-order valence-corrected chi connectivity index (χ1v) is 5.33. The molecule has 6 nitrogen and oxygen atoms in total. The molecule has 0 fully saturated rings. The van der Waals surface area contributed by atoms with Crippen LogP contribution in [0.15, 0.2) is 16.8 Å². The molecule has 2 aromatic rings. The molecule has 0 spiro atoms. The fraction of sp³-hybridized carbons (Fsp3) is 0.250. The Hall–Kier alpha value is -2.44. The zero-order valence-electron chi connectivity index (χ0n) is 10.7. The molecule has 0 amide bonds. The number of methoxy groups -OCH3 is 3. The van der Waals surface area contributed by atoms with Gasteiger partial charge in [-0.05, 0) is 0 Å². The first kappa shape index (κ1) is 13.0. The second-order valence-corrected chi connectivity index (χ2v) is 3.61. The highest BCUT2D eigenvalue weighted by atomic mass is 19.1. The lowest BCUT2D eigenvalue weighted by molar-refractivity contribution is 0.341. The lowest BCUT2D eigenvalue weighted by Crippen LogP contribution is -2.00. The highest BCUT2D eigenvalue weighted by Gasteiger charge is 2.25. The Morgan fingerprint density at radius 1 is 1.16 bits per heavy atom. The third-order valence-electron chi connectivity index (χ3n) is 2.66. The van der Waals surface area contributed by atoms with E-state index in [1.165, 1.54) is 33.6 Å². The van der Waals surface area contributed by atoms with Crippen molar-refractivity contribution >= 4 is 5.88 Å². The number of halogens is 1. The van der Waals surface area contributed by atoms with Gasteiger partial charge in [-0.15, -0.1) is 0 Å². The zero-order chi connectivity index (χ0) is 14.0. The molecule has 1 heterocycles. The van der Waals surface area contributed by atoms with Crippen LogP contribution >= 0.6 is 0 Å². The van der Waals surface area contributed by atoms with Gasteiger partial charge in [0.15, 0.2) is 23.1 Å². The summed E-state index contributed by atoms with van der Waals surface area (Å²) in [6.45, 7) is 0. The number of rotatable bonds is 4. The average molecular weight is 268 g/mol. The summed E-state index contributed by atoms with van der Waals surface area (Å²) in [7, 11) is 4.19. The third-order valence-corrected chi connectivity index (χ3v) is 2.66. The number of benzene rings is 1. The molecule has 1 aromatic carbocycles. The maximum atomic E-state index is 14.4. The van der Waals surface area contributed by atoms with Gasteiger partial charge in [-0.1, -0.05) is 5.16 Å². The van der Waals surface area contributed by atoms with Gasteiger partial charge in [-0.3, -0.25) is 0 Å². The molecular weight excluding hydrogens is 255 g/mol. The van der Waals surface area contributed by atoms with Crippen LogP contribution in [0.4, 0.5) is 10.3 Å². The van der Waals surface area contributed by atoms with E-state index in [9.17, 15) is 4.39 Å². The van der Waals surface area contributed by atoms with Crippen molar-refractivity contribution in [2.45, 2.75) is 0 Å². The summed E-state index contributed by atoms with van der Waals surface area (Å²) in [6.07, 6.45) is 1.30. The lowest BCUT2D eigenvalue weighted by atomic mass is 10.1. The normalized spacial score (nSPS) is 10.3. The standard InChI is InChI=1S/C12H13FN2O4/c1-16-7-4-8(17-2)11(18-3)9(10(7)13)6-5-15-19-12(6)14/h4-5H,14H2,1-3H3. The molecule has 0 bridgehead atoms. The molecule has 0 saturated carbocycles. The van der Waals surface area contributed by atoms with Crippen LogP contribution in [0.1, 0.15) is 0 Å². The number of nitrogens with two attached hydrogens (primary N) is 1. The smallest absolute Gasteiger partial charge is 0.230 e. The summed E-state index contributed by atoms with van der Waals surface area (Å²) in [5.74, 6) is -0.136. The van der Waals surface area contributed by atoms with Crippen molar-refractivity contribution in [3.63, 3.8) is 0 Å². The number of nitrogen functional groups attached to an aromatic ring is 1. The van der Waals surface area contributed by atoms with Gasteiger partial charge in [-0.2, -0.15) is 0 Å². The van der Waals surface area contributed by atoms with Gasteiger partial charge in [-0.25, -0.2) is 4.39 Å². The van der Waals surface area contributed by atoms with Crippen molar-refractivity contribution in [1.29, 1.82) is 0 Å². The Bertz CT molecular complexity index is 598. The van der Waals surface area contributed by atoms with Gasteiger partial charge in [0, 0.05) is 6.07 Å². The molecule has 1 aromatic heterocycles. The quantitative estimate of drug-likeness (QED) is 0.914. The topological polar surface area (TPSA) is 79.7 Å². The van der Waals surface area contributed by atoms with Crippen molar-refractivity contribution < 1.29 is 23.1 Å². The molecule has 0 aliphatic heterocycles. The fourth-order valence-electron chi connectivity index (χ4n) is 1.77. The third kappa shape index (κ3) is 2.03. The summed E-state index contributed by atoms with van der Waals surface area (Å²) in [5.41, 5.74) is 5.97. The first-order chi connectivity index (χ1) is 9.13. The summed E-state index contributed by atoms with van der Waals surface area (Å²) in [6, 6.07) is 1.39. The molecule has 0 aliphatic carbocycles. The minimum absolute atomic E-state index is 0.00764. The van der Waals surface area contributed by atoms with Crippen molar-refractivity contribution in [2.75, 3.05) is 27.1 Å². The van der Waals surface area contributed by atoms with E-state index in [1.54, 1.807) is 0 Å². The van der Waals surface area contributed by atoms with Crippen LogP contribution in [-0.4, -0.2) is 26.5 Å².